The van der Waals surface area contributed by atoms with Crippen molar-refractivity contribution in [3.8, 4) is 17.6 Å². The molecule has 2 saturated heterocycles. The van der Waals surface area contributed by atoms with Crippen LogP contribution in [0, 0.1) is 11.8 Å². The number of nitrogens with zero attached hydrogens (tertiary/aromatic N) is 3. The van der Waals surface area contributed by atoms with Crippen molar-refractivity contribution in [3.63, 3.8) is 0 Å². The molecule has 0 unspecified atom stereocenters. The Labute approximate surface area is 208 Å². The lowest BCUT2D eigenvalue weighted by atomic mass is 9.74. The fourth-order valence-electron chi connectivity index (χ4n) is 5.55. The molecular formula is C30H33N3O2. The number of aliphatic hydroxyl groups excluding tert-OH is 1. The molecule has 0 aliphatic carbocycles. The van der Waals surface area contributed by atoms with Crippen LogP contribution < -0.4 is 4.74 Å². The summed E-state index contributed by atoms with van der Waals surface area (Å²) in [7, 11) is 1.72. The molecule has 2 aliphatic rings. The molecule has 5 rings (SSSR count). The van der Waals surface area contributed by atoms with Crippen molar-refractivity contribution in [2.24, 2.45) is 0 Å². The van der Waals surface area contributed by atoms with Crippen molar-refractivity contribution in [1.82, 2.24) is 14.8 Å². The number of aromatic nitrogens is 1. The minimum atomic E-state index is 0.184. The van der Waals surface area contributed by atoms with Gasteiger partial charge in [-0.05, 0) is 73.5 Å². The van der Waals surface area contributed by atoms with Crippen LogP contribution >= 0.6 is 0 Å². The highest BCUT2D eigenvalue weighted by Gasteiger charge is 2.48. The van der Waals surface area contributed by atoms with E-state index in [-0.39, 0.29) is 12.6 Å². The highest BCUT2D eigenvalue weighted by atomic mass is 16.5. The Morgan fingerprint density at radius 2 is 1.83 bits per heavy atom. The van der Waals surface area contributed by atoms with Gasteiger partial charge >= 0.3 is 0 Å². The molecule has 5 heteroatoms. The summed E-state index contributed by atoms with van der Waals surface area (Å²) in [5.41, 5.74) is 4.48. The molecule has 3 atom stereocenters. The fraction of sp³-hybridized carbons (Fsp3) is 0.367. The zero-order valence-electron chi connectivity index (χ0n) is 20.3. The number of aliphatic hydroxyl groups is 1. The van der Waals surface area contributed by atoms with Crippen LogP contribution in [0.5, 0.6) is 5.75 Å². The average molecular weight is 468 g/mol. The summed E-state index contributed by atoms with van der Waals surface area (Å²) in [4.78, 5) is 9.22. The lowest BCUT2D eigenvalue weighted by molar-refractivity contribution is -0.0655. The summed E-state index contributed by atoms with van der Waals surface area (Å²) in [5, 5.41) is 10.2. The molecule has 0 bridgehead atoms. The zero-order chi connectivity index (χ0) is 24.0. The maximum absolute atomic E-state index is 10.2. The van der Waals surface area contributed by atoms with Gasteiger partial charge in [-0.15, -0.1) is 0 Å². The largest absolute Gasteiger partial charge is 0.497 e. The maximum atomic E-state index is 10.2. The first-order chi connectivity index (χ1) is 17.2. The van der Waals surface area contributed by atoms with E-state index in [1.807, 2.05) is 18.2 Å². The molecule has 35 heavy (non-hydrogen) atoms. The van der Waals surface area contributed by atoms with Crippen molar-refractivity contribution in [3.05, 3.63) is 95.3 Å². The normalized spacial score (nSPS) is 22.6. The van der Waals surface area contributed by atoms with Gasteiger partial charge in [-0.1, -0.05) is 36.1 Å². The van der Waals surface area contributed by atoms with E-state index in [9.17, 15) is 5.11 Å². The second-order valence-corrected chi connectivity index (χ2v) is 9.49. The molecule has 1 aromatic heterocycles. The minimum Gasteiger partial charge on any atom is -0.497 e. The first-order valence-electron chi connectivity index (χ1n) is 12.5. The average Bonchev–Trinajstić information content (AvgIpc) is 2.89. The van der Waals surface area contributed by atoms with Crippen molar-refractivity contribution < 1.29 is 9.84 Å². The van der Waals surface area contributed by atoms with E-state index in [4.69, 9.17) is 4.74 Å². The molecule has 2 aromatic carbocycles. The van der Waals surface area contributed by atoms with Crippen molar-refractivity contribution >= 4 is 0 Å². The van der Waals surface area contributed by atoms with Crippen LogP contribution in [0.1, 0.15) is 41.0 Å². The van der Waals surface area contributed by atoms with Gasteiger partial charge in [-0.25, -0.2) is 0 Å². The quantitative estimate of drug-likeness (QED) is 0.577. The molecule has 0 radical (unpaired) electrons. The smallest absolute Gasteiger partial charge is 0.119 e. The van der Waals surface area contributed by atoms with E-state index in [1.165, 1.54) is 17.5 Å². The highest BCUT2D eigenvalue weighted by molar-refractivity contribution is 5.43. The van der Waals surface area contributed by atoms with Crippen LogP contribution in [0.2, 0.25) is 0 Å². The lowest BCUT2D eigenvalue weighted by Gasteiger charge is -2.57. The van der Waals surface area contributed by atoms with Crippen LogP contribution in [0.25, 0.3) is 0 Å². The van der Waals surface area contributed by atoms with Crippen molar-refractivity contribution in [2.75, 3.05) is 33.4 Å². The third kappa shape index (κ3) is 5.41. The number of ether oxygens (including phenoxy) is 1. The standard InChI is InChI=1S/C30H33N3O2/c1-35-27-8-4-6-25(18-27)20-32-16-2-3-17-33-28(21-32)30(29(33)22-34)26-13-11-23(12-14-26)9-10-24-7-5-15-31-19-24/h4-8,11-15,18-19,28-30,34H,2-3,16-17,20-22H2,1H3/t28-,29+,30-/m0/s1. The van der Waals surface area contributed by atoms with Gasteiger partial charge in [-0.2, -0.15) is 0 Å². The van der Waals surface area contributed by atoms with Crippen molar-refractivity contribution in [2.45, 2.75) is 37.4 Å². The van der Waals surface area contributed by atoms with Crippen LogP contribution in [0.15, 0.2) is 73.1 Å². The minimum absolute atomic E-state index is 0.184. The Bertz CT molecular complexity index is 1170. The summed E-state index contributed by atoms with van der Waals surface area (Å²) >= 11 is 0. The zero-order valence-corrected chi connectivity index (χ0v) is 20.3. The SMILES string of the molecule is COc1cccc(CN2CCCCN3[C@H](CO)[C@@H](c4ccc(C#Cc5cccnc5)cc4)[C@@H]3C2)c1. The molecule has 3 aromatic rings. The number of hydrogen-bond donors (Lipinski definition) is 1. The van der Waals surface area contributed by atoms with Crippen molar-refractivity contribution in [1.29, 1.82) is 0 Å². The molecule has 2 fully saturated rings. The molecule has 180 valence electrons. The summed E-state index contributed by atoms with van der Waals surface area (Å²) in [6.45, 7) is 4.27. The van der Waals surface area contributed by atoms with E-state index >= 15 is 0 Å². The van der Waals surface area contributed by atoms with E-state index in [0.717, 1.165) is 49.5 Å². The van der Waals surface area contributed by atoms with Gasteiger partial charge in [0.15, 0.2) is 0 Å². The second kappa shape index (κ2) is 11.0. The Morgan fingerprint density at radius 3 is 2.60 bits per heavy atom. The predicted molar refractivity (Wildman–Crippen MR) is 138 cm³/mol. The van der Waals surface area contributed by atoms with E-state index < -0.39 is 0 Å². The third-order valence-electron chi connectivity index (χ3n) is 7.30. The number of hydrogen-bond acceptors (Lipinski definition) is 5. The van der Waals surface area contributed by atoms with Gasteiger partial charge in [0.2, 0.25) is 0 Å². The molecule has 0 amide bonds. The summed E-state index contributed by atoms with van der Waals surface area (Å²) in [5.74, 6) is 7.65. The molecular weight excluding hydrogens is 434 g/mol. The molecule has 5 nitrogen and oxygen atoms in total. The van der Waals surface area contributed by atoms with Gasteiger partial charge in [0.1, 0.15) is 5.75 Å². The highest BCUT2D eigenvalue weighted by Crippen LogP contribution is 2.42. The van der Waals surface area contributed by atoms with E-state index in [0.29, 0.717) is 12.0 Å². The molecule has 2 aliphatic heterocycles. The number of methoxy groups -OCH3 is 1. The summed E-state index contributed by atoms with van der Waals surface area (Å²) < 4.78 is 5.43. The van der Waals surface area contributed by atoms with Crippen LogP contribution in [0.3, 0.4) is 0 Å². The lowest BCUT2D eigenvalue weighted by Crippen LogP contribution is -2.67. The van der Waals surface area contributed by atoms with Crippen LogP contribution in [-0.2, 0) is 6.54 Å². The summed E-state index contributed by atoms with van der Waals surface area (Å²) in [6.07, 6.45) is 5.88. The second-order valence-electron chi connectivity index (χ2n) is 9.49. The van der Waals surface area contributed by atoms with Crippen LogP contribution in [0.4, 0.5) is 0 Å². The monoisotopic (exact) mass is 467 g/mol. The molecule has 1 N–H and O–H groups in total. The fourth-order valence-corrected chi connectivity index (χ4v) is 5.55. The number of benzene rings is 2. The molecule has 0 spiro atoms. The molecule has 0 saturated carbocycles. The maximum Gasteiger partial charge on any atom is 0.119 e. The Kier molecular flexibility index (Phi) is 7.44. The van der Waals surface area contributed by atoms with Gasteiger partial charge in [0.25, 0.3) is 0 Å². The van der Waals surface area contributed by atoms with Gasteiger partial charge in [0.05, 0.1) is 13.7 Å². The Balaban J connectivity index is 1.32. The molecule has 3 heterocycles. The third-order valence-corrected chi connectivity index (χ3v) is 7.30. The number of pyridine rings is 1. The first-order valence-corrected chi connectivity index (χ1v) is 12.5. The predicted octanol–water partition coefficient (Wildman–Crippen LogP) is 3.91. The topological polar surface area (TPSA) is 48.8 Å². The van der Waals surface area contributed by atoms with Gasteiger partial charge in [-0.3, -0.25) is 14.8 Å². The van der Waals surface area contributed by atoms with Crippen LogP contribution in [-0.4, -0.2) is 65.3 Å². The number of rotatable bonds is 5. The Hall–Kier alpha value is -3.17. The first kappa shape index (κ1) is 23.6. The van der Waals surface area contributed by atoms with Gasteiger partial charge < -0.3 is 9.84 Å². The van der Waals surface area contributed by atoms with E-state index in [2.05, 4.69) is 69.1 Å². The Morgan fingerprint density at radius 1 is 1.00 bits per heavy atom. The van der Waals surface area contributed by atoms with Gasteiger partial charge in [0, 0.05) is 54.6 Å². The number of fused-ring (bicyclic) bond motifs is 1. The summed E-state index contributed by atoms with van der Waals surface area (Å²) in [6, 6.07) is 21.4. The van der Waals surface area contributed by atoms with E-state index in [1.54, 1.807) is 19.5 Å².